The van der Waals surface area contributed by atoms with Gasteiger partial charge in [0.2, 0.25) is 0 Å². The quantitative estimate of drug-likeness (QED) is 0.691. The summed E-state index contributed by atoms with van der Waals surface area (Å²) in [6.45, 7) is 1.90. The Kier molecular flexibility index (Phi) is 1.84. The molecule has 3 N–H and O–H groups in total. The van der Waals surface area contributed by atoms with Gasteiger partial charge in [0.15, 0.2) is 5.82 Å². The summed E-state index contributed by atoms with van der Waals surface area (Å²) in [4.78, 5) is 4.34. The van der Waals surface area contributed by atoms with Gasteiger partial charge in [-0.2, -0.15) is 5.10 Å². The monoisotopic (exact) mass is 166 g/mol. The van der Waals surface area contributed by atoms with E-state index in [0.717, 1.165) is 11.6 Å². The van der Waals surface area contributed by atoms with E-state index in [2.05, 4.69) is 15.2 Å². The molecule has 1 aliphatic carbocycles. The van der Waals surface area contributed by atoms with Gasteiger partial charge in [0.25, 0.3) is 0 Å². The molecule has 1 aliphatic rings. The first kappa shape index (κ1) is 7.73. The number of nitrogens with zero attached hydrogens (tertiary/aromatic N) is 2. The first-order valence-electron chi connectivity index (χ1n) is 4.45. The van der Waals surface area contributed by atoms with E-state index in [1.165, 1.54) is 19.3 Å². The van der Waals surface area contributed by atoms with Crippen molar-refractivity contribution in [1.29, 1.82) is 0 Å². The highest BCUT2D eigenvalue weighted by Crippen LogP contribution is 2.34. The number of nitrogens with two attached hydrogens (primary N) is 1. The molecule has 0 saturated heterocycles. The van der Waals surface area contributed by atoms with Crippen LogP contribution in [0.15, 0.2) is 0 Å². The van der Waals surface area contributed by atoms with Crippen molar-refractivity contribution in [2.75, 3.05) is 0 Å². The van der Waals surface area contributed by atoms with E-state index < -0.39 is 0 Å². The van der Waals surface area contributed by atoms with Gasteiger partial charge in [0.05, 0.1) is 6.04 Å². The normalized spacial score (nSPS) is 20.5. The number of hydrogen-bond acceptors (Lipinski definition) is 3. The second kappa shape index (κ2) is 2.86. The second-order valence-electron chi connectivity index (χ2n) is 3.50. The predicted molar refractivity (Wildman–Crippen MR) is 45.6 cm³/mol. The smallest absolute Gasteiger partial charge is 0.167 e. The number of nitrogens with one attached hydrogen (secondary N) is 1. The average Bonchev–Trinajstić information content (AvgIpc) is 2.32. The van der Waals surface area contributed by atoms with E-state index in [4.69, 9.17) is 5.73 Å². The summed E-state index contributed by atoms with van der Waals surface area (Å²) in [5.41, 5.74) is 5.64. The topological polar surface area (TPSA) is 67.6 Å². The van der Waals surface area contributed by atoms with Gasteiger partial charge in [0.1, 0.15) is 5.82 Å². The molecule has 0 aliphatic heterocycles. The van der Waals surface area contributed by atoms with Crippen molar-refractivity contribution in [3.8, 4) is 0 Å². The molecule has 1 aromatic rings. The van der Waals surface area contributed by atoms with E-state index in [1.54, 1.807) is 0 Å². The van der Waals surface area contributed by atoms with Gasteiger partial charge in [-0.05, 0) is 19.8 Å². The highest BCUT2D eigenvalue weighted by molar-refractivity contribution is 5.03. The Morgan fingerprint density at radius 3 is 2.75 bits per heavy atom. The maximum Gasteiger partial charge on any atom is 0.167 e. The van der Waals surface area contributed by atoms with Crippen LogP contribution in [0.1, 0.15) is 49.8 Å². The summed E-state index contributed by atoms with van der Waals surface area (Å²) >= 11 is 0. The van der Waals surface area contributed by atoms with Crippen molar-refractivity contribution in [3.63, 3.8) is 0 Å². The third-order valence-corrected chi connectivity index (χ3v) is 2.42. The Morgan fingerprint density at radius 1 is 1.58 bits per heavy atom. The highest BCUT2D eigenvalue weighted by atomic mass is 15.2. The largest absolute Gasteiger partial charge is 0.321 e. The molecular formula is C8H14N4. The van der Waals surface area contributed by atoms with Gasteiger partial charge < -0.3 is 5.73 Å². The lowest BCUT2D eigenvalue weighted by Crippen LogP contribution is -2.11. The lowest BCUT2D eigenvalue weighted by molar-refractivity contribution is 0.402. The van der Waals surface area contributed by atoms with Gasteiger partial charge in [-0.3, -0.25) is 5.10 Å². The van der Waals surface area contributed by atoms with Gasteiger partial charge in [-0.1, -0.05) is 6.42 Å². The fourth-order valence-electron chi connectivity index (χ4n) is 1.36. The van der Waals surface area contributed by atoms with E-state index >= 15 is 0 Å². The Balaban J connectivity index is 2.12. The molecule has 0 bridgehead atoms. The molecule has 0 aromatic carbocycles. The molecule has 1 heterocycles. The Bertz CT molecular complexity index is 262. The minimum atomic E-state index is -0.0601. The Hall–Kier alpha value is -0.900. The molecule has 1 aromatic heterocycles. The number of H-pyrrole nitrogens is 1. The van der Waals surface area contributed by atoms with Crippen LogP contribution in [0, 0.1) is 0 Å². The van der Waals surface area contributed by atoms with Crippen molar-refractivity contribution < 1.29 is 0 Å². The van der Waals surface area contributed by atoms with E-state index in [9.17, 15) is 0 Å². The molecule has 1 fully saturated rings. The molecule has 2 rings (SSSR count). The van der Waals surface area contributed by atoms with Crippen LogP contribution in [0.25, 0.3) is 0 Å². The summed E-state index contributed by atoms with van der Waals surface area (Å²) in [6, 6.07) is -0.0601. The zero-order valence-corrected chi connectivity index (χ0v) is 7.25. The molecular weight excluding hydrogens is 152 g/mol. The third kappa shape index (κ3) is 1.22. The Morgan fingerprint density at radius 2 is 2.33 bits per heavy atom. The van der Waals surface area contributed by atoms with Gasteiger partial charge in [-0.25, -0.2) is 4.98 Å². The molecule has 0 amide bonds. The Labute approximate surface area is 71.6 Å². The molecule has 0 unspecified atom stereocenters. The van der Waals surface area contributed by atoms with Crippen molar-refractivity contribution in [3.05, 3.63) is 11.6 Å². The van der Waals surface area contributed by atoms with Gasteiger partial charge in [-0.15, -0.1) is 0 Å². The van der Waals surface area contributed by atoms with Crippen LogP contribution in [0.2, 0.25) is 0 Å². The van der Waals surface area contributed by atoms with Crippen molar-refractivity contribution in [2.45, 2.75) is 38.1 Å². The van der Waals surface area contributed by atoms with Crippen LogP contribution >= 0.6 is 0 Å². The molecule has 12 heavy (non-hydrogen) atoms. The van der Waals surface area contributed by atoms with Crippen LogP contribution in [-0.2, 0) is 0 Å². The molecule has 4 heteroatoms. The van der Waals surface area contributed by atoms with E-state index in [1.807, 2.05) is 6.92 Å². The van der Waals surface area contributed by atoms with Crippen LogP contribution < -0.4 is 5.73 Å². The van der Waals surface area contributed by atoms with Crippen LogP contribution in [0.4, 0.5) is 0 Å². The third-order valence-electron chi connectivity index (χ3n) is 2.42. The summed E-state index contributed by atoms with van der Waals surface area (Å²) in [5, 5.41) is 7.01. The zero-order valence-electron chi connectivity index (χ0n) is 7.25. The average molecular weight is 166 g/mol. The van der Waals surface area contributed by atoms with Crippen LogP contribution in [-0.4, -0.2) is 15.2 Å². The van der Waals surface area contributed by atoms with Gasteiger partial charge >= 0.3 is 0 Å². The number of aromatic nitrogens is 3. The van der Waals surface area contributed by atoms with Crippen molar-refractivity contribution >= 4 is 0 Å². The molecule has 1 atom stereocenters. The zero-order chi connectivity index (χ0) is 8.55. The molecule has 4 nitrogen and oxygen atoms in total. The molecule has 0 radical (unpaired) electrons. The first-order valence-corrected chi connectivity index (χ1v) is 4.45. The summed E-state index contributed by atoms with van der Waals surface area (Å²) < 4.78 is 0. The summed E-state index contributed by atoms with van der Waals surface area (Å²) in [6.07, 6.45) is 3.81. The number of hydrogen-bond donors (Lipinski definition) is 2. The van der Waals surface area contributed by atoms with E-state index in [0.29, 0.717) is 5.92 Å². The molecule has 66 valence electrons. The fraction of sp³-hybridized carbons (Fsp3) is 0.750. The lowest BCUT2D eigenvalue weighted by atomic mass is 9.85. The number of aromatic amines is 1. The highest BCUT2D eigenvalue weighted by Gasteiger charge is 2.23. The first-order chi connectivity index (χ1) is 5.77. The van der Waals surface area contributed by atoms with Crippen molar-refractivity contribution in [2.24, 2.45) is 5.73 Å². The minimum Gasteiger partial charge on any atom is -0.321 e. The predicted octanol–water partition coefficient (Wildman–Crippen LogP) is 1.09. The molecule has 0 spiro atoms. The van der Waals surface area contributed by atoms with E-state index in [-0.39, 0.29) is 6.04 Å². The number of rotatable bonds is 2. The summed E-state index contributed by atoms with van der Waals surface area (Å²) in [7, 11) is 0. The fourth-order valence-corrected chi connectivity index (χ4v) is 1.36. The SMILES string of the molecule is C[C@@H](N)c1n[nH]c(C2CCC2)n1. The summed E-state index contributed by atoms with van der Waals surface area (Å²) in [5.74, 6) is 2.37. The second-order valence-corrected chi connectivity index (χ2v) is 3.50. The van der Waals surface area contributed by atoms with Crippen LogP contribution in [0.3, 0.4) is 0 Å². The maximum absolute atomic E-state index is 5.64. The minimum absolute atomic E-state index is 0.0601. The van der Waals surface area contributed by atoms with Crippen LogP contribution in [0.5, 0.6) is 0 Å². The van der Waals surface area contributed by atoms with Crippen molar-refractivity contribution in [1.82, 2.24) is 15.2 Å². The molecule has 1 saturated carbocycles. The standard InChI is InChI=1S/C8H14N4/c1-5(9)7-10-8(12-11-7)6-3-2-4-6/h5-6H,2-4,9H2,1H3,(H,10,11,12)/t5-/m1/s1. The maximum atomic E-state index is 5.64. The van der Waals surface area contributed by atoms with Gasteiger partial charge in [0, 0.05) is 5.92 Å². The lowest BCUT2D eigenvalue weighted by Gasteiger charge is -2.22.